The quantitative estimate of drug-likeness (QED) is 0.423. The van der Waals surface area contributed by atoms with Crippen LogP contribution in [0.5, 0.6) is 11.6 Å². The molecule has 0 aliphatic heterocycles. The summed E-state index contributed by atoms with van der Waals surface area (Å²) in [6.07, 6.45) is 0. The van der Waals surface area contributed by atoms with Gasteiger partial charge in [0.25, 0.3) is 5.91 Å². The molecule has 0 unspecified atom stereocenters. The summed E-state index contributed by atoms with van der Waals surface area (Å²) in [5.41, 5.74) is 1.77. The zero-order valence-corrected chi connectivity index (χ0v) is 17.9. The summed E-state index contributed by atoms with van der Waals surface area (Å²) in [6.45, 7) is 0.487. The summed E-state index contributed by atoms with van der Waals surface area (Å²) >= 11 is 11.9. The molecule has 1 N–H and O–H groups in total. The molecule has 31 heavy (non-hydrogen) atoms. The Bertz CT molecular complexity index is 1230. The molecule has 0 aliphatic carbocycles. The van der Waals surface area contributed by atoms with Gasteiger partial charge < -0.3 is 14.8 Å². The molecule has 2 aromatic heterocycles. The van der Waals surface area contributed by atoms with Crippen LogP contribution in [0.4, 0.5) is 0 Å². The molecule has 0 saturated carbocycles. The number of aromatic nitrogens is 4. The van der Waals surface area contributed by atoms with Gasteiger partial charge in [0.05, 0.1) is 24.2 Å². The molecule has 158 valence electrons. The standard InChI is InChI=1S/C21H17Cl2N5O3/c1-30-15-5-2-13(3-6-15)20-26-25-18-8-9-19(27-28(18)20)31-11-10-24-21(29)16-7-4-14(22)12-17(16)23/h2-9,12H,10-11H2,1H3,(H,24,29). The third-order valence-electron chi connectivity index (χ3n) is 4.40. The van der Waals surface area contributed by atoms with E-state index in [2.05, 4.69) is 20.6 Å². The van der Waals surface area contributed by atoms with E-state index in [4.69, 9.17) is 32.7 Å². The molecule has 0 spiro atoms. The maximum Gasteiger partial charge on any atom is 0.252 e. The highest BCUT2D eigenvalue weighted by Crippen LogP contribution is 2.22. The van der Waals surface area contributed by atoms with Gasteiger partial charge >= 0.3 is 0 Å². The van der Waals surface area contributed by atoms with E-state index in [1.807, 2.05) is 24.3 Å². The SMILES string of the molecule is COc1ccc(-c2nnc3ccc(OCCNC(=O)c4ccc(Cl)cc4Cl)nn23)cc1. The lowest BCUT2D eigenvalue weighted by Gasteiger charge is -2.09. The lowest BCUT2D eigenvalue weighted by Crippen LogP contribution is -2.28. The lowest BCUT2D eigenvalue weighted by atomic mass is 10.2. The lowest BCUT2D eigenvalue weighted by molar-refractivity contribution is 0.0946. The van der Waals surface area contributed by atoms with Crippen LogP contribution in [0, 0.1) is 0 Å². The van der Waals surface area contributed by atoms with Crippen molar-refractivity contribution in [1.82, 2.24) is 25.1 Å². The number of nitrogens with zero attached hydrogens (tertiary/aromatic N) is 4. The van der Waals surface area contributed by atoms with Crippen molar-refractivity contribution in [2.45, 2.75) is 0 Å². The Hall–Kier alpha value is -3.36. The van der Waals surface area contributed by atoms with Gasteiger partial charge in [0.2, 0.25) is 5.88 Å². The maximum absolute atomic E-state index is 12.2. The Morgan fingerprint density at radius 3 is 2.61 bits per heavy atom. The predicted molar refractivity (Wildman–Crippen MR) is 117 cm³/mol. The number of nitrogens with one attached hydrogen (secondary N) is 1. The minimum absolute atomic E-state index is 0.218. The van der Waals surface area contributed by atoms with Gasteiger partial charge in [0.1, 0.15) is 12.4 Å². The van der Waals surface area contributed by atoms with Crippen LogP contribution in [0.15, 0.2) is 54.6 Å². The second-order valence-corrected chi connectivity index (χ2v) is 7.27. The number of carbonyl (C=O) groups is 1. The minimum atomic E-state index is -0.311. The Morgan fingerprint density at radius 1 is 1.06 bits per heavy atom. The summed E-state index contributed by atoms with van der Waals surface area (Å²) in [4.78, 5) is 12.2. The zero-order valence-electron chi connectivity index (χ0n) is 16.4. The van der Waals surface area contributed by atoms with E-state index in [0.29, 0.717) is 27.9 Å². The highest BCUT2D eigenvalue weighted by molar-refractivity contribution is 6.36. The van der Waals surface area contributed by atoms with Crippen LogP contribution in [-0.4, -0.2) is 46.0 Å². The van der Waals surface area contributed by atoms with Gasteiger partial charge in [0.15, 0.2) is 11.5 Å². The molecule has 4 rings (SSSR count). The molecule has 0 bridgehead atoms. The largest absolute Gasteiger partial charge is 0.497 e. The number of hydrogen-bond acceptors (Lipinski definition) is 6. The number of methoxy groups -OCH3 is 1. The van der Waals surface area contributed by atoms with E-state index in [-0.39, 0.29) is 24.1 Å². The molecule has 10 heteroatoms. The fourth-order valence-corrected chi connectivity index (χ4v) is 3.35. The van der Waals surface area contributed by atoms with Gasteiger partial charge in [-0.1, -0.05) is 23.2 Å². The van der Waals surface area contributed by atoms with Gasteiger partial charge in [-0.15, -0.1) is 15.3 Å². The molecular formula is C21H17Cl2N5O3. The average Bonchev–Trinajstić information content (AvgIpc) is 3.20. The number of benzene rings is 2. The zero-order chi connectivity index (χ0) is 21.8. The van der Waals surface area contributed by atoms with Crippen molar-refractivity contribution in [3.8, 4) is 23.0 Å². The van der Waals surface area contributed by atoms with Gasteiger partial charge in [0, 0.05) is 16.7 Å². The van der Waals surface area contributed by atoms with E-state index in [9.17, 15) is 4.79 Å². The van der Waals surface area contributed by atoms with Crippen molar-refractivity contribution in [3.05, 3.63) is 70.2 Å². The van der Waals surface area contributed by atoms with Crippen LogP contribution < -0.4 is 14.8 Å². The molecule has 0 saturated heterocycles. The van der Waals surface area contributed by atoms with Gasteiger partial charge in [-0.05, 0) is 48.5 Å². The van der Waals surface area contributed by atoms with E-state index in [0.717, 1.165) is 11.3 Å². The van der Waals surface area contributed by atoms with Crippen molar-refractivity contribution in [2.75, 3.05) is 20.3 Å². The normalized spacial score (nSPS) is 10.8. The summed E-state index contributed by atoms with van der Waals surface area (Å²) in [5, 5.41) is 16.3. The molecular weight excluding hydrogens is 441 g/mol. The third kappa shape index (κ3) is 4.70. The molecule has 8 nitrogen and oxygen atoms in total. The monoisotopic (exact) mass is 457 g/mol. The molecule has 0 fully saturated rings. The topological polar surface area (TPSA) is 90.6 Å². The van der Waals surface area contributed by atoms with Crippen molar-refractivity contribution in [2.24, 2.45) is 0 Å². The number of hydrogen-bond donors (Lipinski definition) is 1. The predicted octanol–water partition coefficient (Wildman–Crippen LogP) is 3.92. The van der Waals surface area contributed by atoms with E-state index < -0.39 is 0 Å². The van der Waals surface area contributed by atoms with Gasteiger partial charge in [-0.25, -0.2) is 0 Å². The second kappa shape index (κ2) is 9.20. The highest BCUT2D eigenvalue weighted by atomic mass is 35.5. The average molecular weight is 458 g/mol. The first-order chi connectivity index (χ1) is 15.0. The van der Waals surface area contributed by atoms with Crippen LogP contribution in [0.2, 0.25) is 10.0 Å². The Kier molecular flexibility index (Phi) is 6.20. The van der Waals surface area contributed by atoms with E-state index in [1.165, 1.54) is 6.07 Å². The van der Waals surface area contributed by atoms with Crippen LogP contribution in [0.3, 0.4) is 0 Å². The van der Waals surface area contributed by atoms with E-state index >= 15 is 0 Å². The molecule has 4 aromatic rings. The number of amides is 1. The number of halogens is 2. The van der Waals surface area contributed by atoms with Crippen LogP contribution in [0.1, 0.15) is 10.4 Å². The van der Waals surface area contributed by atoms with Gasteiger partial charge in [-0.3, -0.25) is 4.79 Å². The molecule has 1 amide bonds. The van der Waals surface area contributed by atoms with Crippen LogP contribution in [-0.2, 0) is 0 Å². The molecule has 2 heterocycles. The number of fused-ring (bicyclic) bond motifs is 1. The molecule has 2 aromatic carbocycles. The number of rotatable bonds is 7. The fraction of sp³-hybridized carbons (Fsp3) is 0.143. The number of carbonyl (C=O) groups excluding carboxylic acids is 1. The van der Waals surface area contributed by atoms with Crippen molar-refractivity contribution < 1.29 is 14.3 Å². The second-order valence-electron chi connectivity index (χ2n) is 6.42. The Morgan fingerprint density at radius 2 is 1.87 bits per heavy atom. The minimum Gasteiger partial charge on any atom is -0.497 e. The Labute approximate surface area is 187 Å². The first kappa shape index (κ1) is 20.9. The van der Waals surface area contributed by atoms with E-state index in [1.54, 1.807) is 35.9 Å². The number of ether oxygens (including phenoxy) is 2. The van der Waals surface area contributed by atoms with Crippen LogP contribution in [0.25, 0.3) is 17.0 Å². The Balaban J connectivity index is 1.40. The summed E-state index contributed by atoms with van der Waals surface area (Å²) < 4.78 is 12.5. The highest BCUT2D eigenvalue weighted by Gasteiger charge is 2.12. The van der Waals surface area contributed by atoms with Crippen LogP contribution >= 0.6 is 23.2 Å². The van der Waals surface area contributed by atoms with Crippen molar-refractivity contribution in [1.29, 1.82) is 0 Å². The maximum atomic E-state index is 12.2. The first-order valence-corrected chi connectivity index (χ1v) is 10.0. The van der Waals surface area contributed by atoms with Crippen molar-refractivity contribution >= 4 is 34.8 Å². The third-order valence-corrected chi connectivity index (χ3v) is 4.95. The molecule has 0 atom stereocenters. The molecule has 0 radical (unpaired) electrons. The smallest absolute Gasteiger partial charge is 0.252 e. The van der Waals surface area contributed by atoms with Crippen molar-refractivity contribution in [3.63, 3.8) is 0 Å². The van der Waals surface area contributed by atoms with Gasteiger partial charge in [-0.2, -0.15) is 4.52 Å². The summed E-state index contributed by atoms with van der Waals surface area (Å²) in [6, 6.07) is 15.6. The first-order valence-electron chi connectivity index (χ1n) is 9.28. The fourth-order valence-electron chi connectivity index (χ4n) is 2.86. The summed E-state index contributed by atoms with van der Waals surface area (Å²) in [7, 11) is 1.61. The summed E-state index contributed by atoms with van der Waals surface area (Å²) in [5.74, 6) is 1.39. The molecule has 0 aliphatic rings.